The Morgan fingerprint density at radius 3 is 2.67 bits per heavy atom. The topological polar surface area (TPSA) is 64.3 Å². The number of ether oxygens (including phenoxy) is 1. The third-order valence-corrected chi connectivity index (χ3v) is 3.69. The Kier molecular flexibility index (Phi) is 6.53. The van der Waals surface area contributed by atoms with Crippen molar-refractivity contribution in [3.8, 4) is 0 Å². The predicted octanol–water partition coefficient (Wildman–Crippen LogP) is 4.07. The van der Waals surface area contributed by atoms with Gasteiger partial charge in [0.15, 0.2) is 0 Å². The summed E-state index contributed by atoms with van der Waals surface area (Å²) in [5.41, 5.74) is 8.12. The molecule has 0 heterocycles. The first-order chi connectivity index (χ1) is 9.89. The fraction of sp³-hybridized carbons (Fsp3) is 0.588. The number of hydrogen-bond acceptors (Lipinski definition) is 4. The molecule has 0 bridgehead atoms. The van der Waals surface area contributed by atoms with Crippen LogP contribution in [0.3, 0.4) is 0 Å². The summed E-state index contributed by atoms with van der Waals surface area (Å²) in [6.45, 7) is 7.53. The van der Waals surface area contributed by atoms with E-state index in [0.29, 0.717) is 11.3 Å². The van der Waals surface area contributed by atoms with E-state index in [2.05, 4.69) is 26.1 Å². The Hall–Kier alpha value is -1.71. The summed E-state index contributed by atoms with van der Waals surface area (Å²) in [5.74, 6) is -0.347. The second kappa shape index (κ2) is 7.91. The molecule has 0 unspecified atom stereocenters. The van der Waals surface area contributed by atoms with Gasteiger partial charge < -0.3 is 15.8 Å². The lowest BCUT2D eigenvalue weighted by atomic mass is 9.87. The molecular formula is C17H28N2O2. The zero-order valence-electron chi connectivity index (χ0n) is 13.7. The van der Waals surface area contributed by atoms with Gasteiger partial charge in [-0.2, -0.15) is 0 Å². The van der Waals surface area contributed by atoms with Gasteiger partial charge in [0.05, 0.1) is 24.0 Å². The molecule has 0 radical (unpaired) electrons. The zero-order valence-corrected chi connectivity index (χ0v) is 13.7. The van der Waals surface area contributed by atoms with Crippen molar-refractivity contribution in [2.24, 2.45) is 5.41 Å². The van der Waals surface area contributed by atoms with E-state index in [9.17, 15) is 4.79 Å². The van der Waals surface area contributed by atoms with E-state index in [1.165, 1.54) is 32.8 Å². The Bertz CT molecular complexity index is 470. The molecule has 0 spiro atoms. The number of esters is 1. The minimum Gasteiger partial charge on any atom is -0.465 e. The van der Waals surface area contributed by atoms with E-state index in [1.54, 1.807) is 18.2 Å². The van der Waals surface area contributed by atoms with Crippen LogP contribution in [-0.2, 0) is 4.74 Å². The lowest BCUT2D eigenvalue weighted by Crippen LogP contribution is -2.23. The predicted molar refractivity (Wildman–Crippen MR) is 88.6 cm³/mol. The maximum atomic E-state index is 11.6. The van der Waals surface area contributed by atoms with Crippen LogP contribution in [0.5, 0.6) is 0 Å². The first-order valence-corrected chi connectivity index (χ1v) is 7.61. The summed E-state index contributed by atoms with van der Waals surface area (Å²) in [6.07, 6.45) is 4.91. The summed E-state index contributed by atoms with van der Waals surface area (Å²) in [7, 11) is 1.38. The molecule has 0 aromatic heterocycles. The number of nitrogens with one attached hydrogen (secondary N) is 1. The summed E-state index contributed by atoms with van der Waals surface area (Å²) in [6, 6.07) is 5.17. The average molecular weight is 292 g/mol. The third kappa shape index (κ3) is 5.66. The first-order valence-electron chi connectivity index (χ1n) is 7.61. The second-order valence-electron chi connectivity index (χ2n) is 6.27. The van der Waals surface area contributed by atoms with Crippen molar-refractivity contribution >= 4 is 17.3 Å². The number of methoxy groups -OCH3 is 1. The highest BCUT2D eigenvalue weighted by Crippen LogP contribution is 2.27. The molecule has 3 N–H and O–H groups in total. The monoisotopic (exact) mass is 292 g/mol. The van der Waals surface area contributed by atoms with Crippen LogP contribution >= 0.6 is 0 Å². The molecule has 1 aromatic rings. The van der Waals surface area contributed by atoms with Crippen molar-refractivity contribution in [1.82, 2.24) is 0 Å². The van der Waals surface area contributed by atoms with Crippen LogP contribution in [0.2, 0.25) is 0 Å². The number of anilines is 2. The van der Waals surface area contributed by atoms with Gasteiger partial charge in [-0.15, -0.1) is 0 Å². The van der Waals surface area contributed by atoms with Crippen LogP contribution < -0.4 is 11.1 Å². The van der Waals surface area contributed by atoms with Crippen LogP contribution in [0.25, 0.3) is 0 Å². The number of hydrogen-bond donors (Lipinski definition) is 2. The van der Waals surface area contributed by atoms with E-state index in [-0.39, 0.29) is 11.4 Å². The zero-order chi connectivity index (χ0) is 15.9. The molecule has 0 saturated carbocycles. The van der Waals surface area contributed by atoms with Gasteiger partial charge in [0.25, 0.3) is 0 Å². The molecule has 4 heteroatoms. The van der Waals surface area contributed by atoms with E-state index in [0.717, 1.165) is 12.2 Å². The lowest BCUT2D eigenvalue weighted by Gasteiger charge is -2.26. The molecule has 21 heavy (non-hydrogen) atoms. The molecule has 0 aliphatic heterocycles. The summed E-state index contributed by atoms with van der Waals surface area (Å²) < 4.78 is 4.73. The summed E-state index contributed by atoms with van der Waals surface area (Å²) in [4.78, 5) is 11.6. The van der Waals surface area contributed by atoms with Gasteiger partial charge >= 0.3 is 5.97 Å². The van der Waals surface area contributed by atoms with Crippen molar-refractivity contribution in [3.05, 3.63) is 23.8 Å². The van der Waals surface area contributed by atoms with Gasteiger partial charge in [0.2, 0.25) is 0 Å². The van der Waals surface area contributed by atoms with Crippen molar-refractivity contribution < 1.29 is 9.53 Å². The van der Waals surface area contributed by atoms with Gasteiger partial charge in [-0.3, -0.25) is 0 Å². The molecule has 118 valence electrons. The Labute approximate surface area is 128 Å². The molecule has 1 rings (SSSR count). The van der Waals surface area contributed by atoms with Gasteiger partial charge in [-0.25, -0.2) is 4.79 Å². The van der Waals surface area contributed by atoms with Gasteiger partial charge in [0, 0.05) is 6.54 Å². The minimum absolute atomic E-state index is 0.197. The van der Waals surface area contributed by atoms with Crippen molar-refractivity contribution in [2.75, 3.05) is 24.7 Å². The third-order valence-electron chi connectivity index (χ3n) is 3.69. The number of nitrogens with two attached hydrogens (primary N) is 1. The maximum Gasteiger partial charge on any atom is 0.337 e. The molecule has 0 saturated heterocycles. The van der Waals surface area contributed by atoms with Crippen LogP contribution in [0, 0.1) is 5.41 Å². The normalized spacial score (nSPS) is 11.2. The molecule has 4 nitrogen and oxygen atoms in total. The standard InChI is InChI=1S/C17H28N2O2/c1-5-6-7-10-17(2,3)12-19-15-11-13(16(20)21-4)8-9-14(15)18/h8-9,11,19H,5-7,10,12,18H2,1-4H3. The van der Waals surface area contributed by atoms with E-state index < -0.39 is 0 Å². The number of carbonyl (C=O) groups excluding carboxylic acids is 1. The molecular weight excluding hydrogens is 264 g/mol. The van der Waals surface area contributed by atoms with Gasteiger partial charge in [-0.05, 0) is 30.0 Å². The maximum absolute atomic E-state index is 11.6. The lowest BCUT2D eigenvalue weighted by molar-refractivity contribution is 0.0601. The second-order valence-corrected chi connectivity index (χ2v) is 6.27. The minimum atomic E-state index is -0.347. The molecule has 0 amide bonds. The highest BCUT2D eigenvalue weighted by Gasteiger charge is 2.18. The van der Waals surface area contributed by atoms with Gasteiger partial charge in [0.1, 0.15) is 0 Å². The van der Waals surface area contributed by atoms with Crippen LogP contribution in [-0.4, -0.2) is 19.6 Å². The quantitative estimate of drug-likeness (QED) is 0.430. The Morgan fingerprint density at radius 2 is 2.05 bits per heavy atom. The first kappa shape index (κ1) is 17.3. The number of benzene rings is 1. The van der Waals surface area contributed by atoms with E-state index in [4.69, 9.17) is 10.5 Å². The molecule has 0 atom stereocenters. The number of nitrogen functional groups attached to an aromatic ring is 1. The van der Waals surface area contributed by atoms with E-state index >= 15 is 0 Å². The Morgan fingerprint density at radius 1 is 1.33 bits per heavy atom. The SMILES string of the molecule is CCCCCC(C)(C)CNc1cc(C(=O)OC)ccc1N. The van der Waals surface area contributed by atoms with Crippen molar-refractivity contribution in [1.29, 1.82) is 0 Å². The largest absolute Gasteiger partial charge is 0.465 e. The molecule has 0 fully saturated rings. The number of unbranched alkanes of at least 4 members (excludes halogenated alkanes) is 2. The van der Waals surface area contributed by atoms with Crippen molar-refractivity contribution in [3.63, 3.8) is 0 Å². The number of rotatable bonds is 8. The fourth-order valence-electron chi connectivity index (χ4n) is 2.23. The summed E-state index contributed by atoms with van der Waals surface area (Å²) >= 11 is 0. The van der Waals surface area contributed by atoms with Crippen molar-refractivity contribution in [2.45, 2.75) is 46.5 Å². The van der Waals surface area contributed by atoms with Crippen LogP contribution in [0.1, 0.15) is 56.8 Å². The van der Waals surface area contributed by atoms with E-state index in [1.807, 2.05) is 0 Å². The highest BCUT2D eigenvalue weighted by atomic mass is 16.5. The highest BCUT2D eigenvalue weighted by molar-refractivity contribution is 5.91. The molecule has 1 aromatic carbocycles. The van der Waals surface area contributed by atoms with Gasteiger partial charge in [-0.1, -0.05) is 40.0 Å². The summed E-state index contributed by atoms with van der Waals surface area (Å²) in [5, 5.41) is 3.37. The molecule has 0 aliphatic carbocycles. The van der Waals surface area contributed by atoms with Crippen LogP contribution in [0.15, 0.2) is 18.2 Å². The smallest absolute Gasteiger partial charge is 0.337 e. The van der Waals surface area contributed by atoms with Crippen LogP contribution in [0.4, 0.5) is 11.4 Å². The number of carbonyl (C=O) groups is 1. The Balaban J connectivity index is 2.67. The average Bonchev–Trinajstić information content (AvgIpc) is 2.46. The fourth-order valence-corrected chi connectivity index (χ4v) is 2.23. The molecule has 0 aliphatic rings.